The molecule has 5 rings (SSSR count). The van der Waals surface area contributed by atoms with Gasteiger partial charge < -0.3 is 10.6 Å². The van der Waals surface area contributed by atoms with Crippen LogP contribution in [0.1, 0.15) is 31.9 Å². The van der Waals surface area contributed by atoms with Crippen molar-refractivity contribution >= 4 is 16.7 Å². The van der Waals surface area contributed by atoms with Gasteiger partial charge in [-0.3, -0.25) is 5.10 Å². The van der Waals surface area contributed by atoms with Crippen LogP contribution >= 0.6 is 0 Å². The van der Waals surface area contributed by atoms with E-state index in [1.165, 1.54) is 0 Å². The highest BCUT2D eigenvalue weighted by atomic mass is 15.4. The van der Waals surface area contributed by atoms with Crippen molar-refractivity contribution in [3.05, 3.63) is 48.3 Å². The molecule has 0 spiro atoms. The number of rotatable bonds is 5. The Balaban J connectivity index is 1.50. The Morgan fingerprint density at radius 2 is 1.91 bits per heavy atom. The fourth-order valence-electron chi connectivity index (χ4n) is 4.56. The smallest absolute Gasteiger partial charge is 0.151 e. The van der Waals surface area contributed by atoms with Gasteiger partial charge in [-0.2, -0.15) is 20.1 Å². The van der Waals surface area contributed by atoms with Gasteiger partial charge in [0.05, 0.1) is 11.9 Å². The molecule has 1 unspecified atom stereocenters. The molecule has 0 saturated carbocycles. The second-order valence-corrected chi connectivity index (χ2v) is 8.64. The molecule has 0 aliphatic heterocycles. The Morgan fingerprint density at radius 3 is 2.64 bits per heavy atom. The van der Waals surface area contributed by atoms with E-state index < -0.39 is 0 Å². The highest BCUT2D eigenvalue weighted by Gasteiger charge is 2.21. The Labute approximate surface area is 192 Å². The third-order valence-corrected chi connectivity index (χ3v) is 6.44. The van der Waals surface area contributed by atoms with Gasteiger partial charge in [0.1, 0.15) is 11.2 Å². The van der Waals surface area contributed by atoms with Gasteiger partial charge in [0.2, 0.25) is 0 Å². The molecule has 2 atom stereocenters. The lowest BCUT2D eigenvalue weighted by Crippen LogP contribution is -2.36. The summed E-state index contributed by atoms with van der Waals surface area (Å²) in [5.41, 5.74) is 11.7. The Morgan fingerprint density at radius 1 is 1.09 bits per heavy atom. The second kappa shape index (κ2) is 8.74. The highest BCUT2D eigenvalue weighted by molar-refractivity contribution is 6.03. The summed E-state index contributed by atoms with van der Waals surface area (Å²) in [5.74, 6) is 0.843. The number of H-pyrrole nitrogens is 1. The molecule has 3 N–H and O–H groups in total. The van der Waals surface area contributed by atoms with Crippen molar-refractivity contribution in [1.82, 2.24) is 35.4 Å². The van der Waals surface area contributed by atoms with Gasteiger partial charge >= 0.3 is 0 Å². The third-order valence-electron chi connectivity index (χ3n) is 6.44. The number of hydrogen-bond donors (Lipinski definition) is 2. The van der Waals surface area contributed by atoms with E-state index in [4.69, 9.17) is 5.73 Å². The van der Waals surface area contributed by atoms with Crippen LogP contribution in [-0.4, -0.2) is 54.5 Å². The highest BCUT2D eigenvalue weighted by Crippen LogP contribution is 2.35. The molecule has 33 heavy (non-hydrogen) atoms. The van der Waals surface area contributed by atoms with E-state index in [-0.39, 0.29) is 6.04 Å². The maximum Gasteiger partial charge on any atom is 0.151 e. The van der Waals surface area contributed by atoms with Crippen LogP contribution in [0.15, 0.2) is 42.6 Å². The van der Waals surface area contributed by atoms with Gasteiger partial charge in [0, 0.05) is 48.4 Å². The van der Waals surface area contributed by atoms with Crippen LogP contribution in [0.25, 0.3) is 33.4 Å². The van der Waals surface area contributed by atoms with Crippen molar-refractivity contribution in [1.29, 1.82) is 0 Å². The summed E-state index contributed by atoms with van der Waals surface area (Å²) in [6.07, 6.45) is 9.83. The number of hydrogen-bond acceptors (Lipinski definition) is 7. The van der Waals surface area contributed by atoms with E-state index in [2.05, 4.69) is 67.7 Å². The fraction of sp³-hybridized carbons (Fsp3) is 0.375. The Kier molecular flexibility index (Phi) is 5.63. The number of aromatic nitrogens is 7. The monoisotopic (exact) mass is 443 g/mol. The van der Waals surface area contributed by atoms with E-state index >= 15 is 0 Å². The molecule has 1 aliphatic carbocycles. The summed E-state index contributed by atoms with van der Waals surface area (Å²) in [6.45, 7) is 2.11. The number of nitrogens with zero attached hydrogens (tertiary/aromatic N) is 7. The zero-order valence-electron chi connectivity index (χ0n) is 19.2. The Bertz CT molecular complexity index is 1290. The molecule has 0 bridgehead atoms. The van der Waals surface area contributed by atoms with E-state index in [0.717, 1.165) is 70.6 Å². The minimum Gasteiger partial charge on any atom is -0.355 e. The topological polar surface area (TPSA) is 114 Å². The maximum atomic E-state index is 6.23. The zero-order chi connectivity index (χ0) is 22.9. The standard InChI is InChI=1S/C24H29N9/c1-4-19-23-17(21-14-26-33(3)31-21)9-10-18(24(23)30-27-19)20-11-12-22(29-28-20)32(2)16-8-6-5-7-15(25)13-16/h5-6,9-12,14-16H,4,7-8,13,25H2,1-3H3,(H,27,30)/t15?,16-/m1/s1. The number of nitrogens with one attached hydrogen (secondary N) is 1. The van der Waals surface area contributed by atoms with Crippen LogP contribution in [-0.2, 0) is 13.5 Å². The minimum atomic E-state index is 0.178. The number of anilines is 1. The predicted molar refractivity (Wildman–Crippen MR) is 130 cm³/mol. The number of fused-ring (bicyclic) bond motifs is 1. The van der Waals surface area contributed by atoms with Gasteiger partial charge in [-0.1, -0.05) is 25.1 Å². The predicted octanol–water partition coefficient (Wildman–Crippen LogP) is 3.25. The summed E-state index contributed by atoms with van der Waals surface area (Å²) in [5, 5.41) is 26.7. The first-order valence-electron chi connectivity index (χ1n) is 11.4. The maximum absolute atomic E-state index is 6.23. The van der Waals surface area contributed by atoms with E-state index in [9.17, 15) is 0 Å². The first-order chi connectivity index (χ1) is 16.0. The van der Waals surface area contributed by atoms with Crippen molar-refractivity contribution < 1.29 is 0 Å². The molecule has 0 amide bonds. The summed E-state index contributed by atoms with van der Waals surface area (Å²) >= 11 is 0. The summed E-state index contributed by atoms with van der Waals surface area (Å²) in [6, 6.07) is 8.64. The summed E-state index contributed by atoms with van der Waals surface area (Å²) in [7, 11) is 3.88. The molecule has 170 valence electrons. The molecule has 3 heterocycles. The van der Waals surface area contributed by atoms with Gasteiger partial charge in [0.25, 0.3) is 0 Å². The SMILES string of the molecule is CCc1[nH]nc2c(-c3ccc(N(C)[C@@H]4CC=CCC(N)C4)nn3)ccc(-c3cnn(C)n3)c12. The normalized spacial score (nSPS) is 18.5. The van der Waals surface area contributed by atoms with Crippen LogP contribution < -0.4 is 10.6 Å². The van der Waals surface area contributed by atoms with Gasteiger partial charge in [0.15, 0.2) is 5.82 Å². The average molecular weight is 444 g/mol. The molecule has 0 saturated heterocycles. The first kappa shape index (κ1) is 21.3. The van der Waals surface area contributed by atoms with Crippen LogP contribution in [0.5, 0.6) is 0 Å². The van der Waals surface area contributed by atoms with Gasteiger partial charge in [-0.05, 0) is 43.9 Å². The van der Waals surface area contributed by atoms with E-state index in [0.29, 0.717) is 6.04 Å². The molecule has 9 nitrogen and oxygen atoms in total. The molecular formula is C24H29N9. The number of aryl methyl sites for hydroxylation is 2. The molecule has 9 heteroatoms. The molecule has 1 aromatic carbocycles. The van der Waals surface area contributed by atoms with Crippen LogP contribution in [0.3, 0.4) is 0 Å². The quantitative estimate of drug-likeness (QED) is 0.455. The lowest BCUT2D eigenvalue weighted by molar-refractivity contribution is 0.518. The van der Waals surface area contributed by atoms with Crippen molar-refractivity contribution in [2.45, 2.75) is 44.7 Å². The fourth-order valence-corrected chi connectivity index (χ4v) is 4.56. The lowest BCUT2D eigenvalue weighted by atomic mass is 9.99. The van der Waals surface area contributed by atoms with Crippen LogP contribution in [0.4, 0.5) is 5.82 Å². The second-order valence-electron chi connectivity index (χ2n) is 8.64. The zero-order valence-corrected chi connectivity index (χ0v) is 19.2. The van der Waals surface area contributed by atoms with Crippen LogP contribution in [0, 0.1) is 0 Å². The van der Waals surface area contributed by atoms with Crippen LogP contribution in [0.2, 0.25) is 0 Å². The average Bonchev–Trinajstić information content (AvgIpc) is 3.40. The number of aromatic amines is 1. The number of benzene rings is 1. The largest absolute Gasteiger partial charge is 0.355 e. The van der Waals surface area contributed by atoms with Crippen molar-refractivity contribution in [3.63, 3.8) is 0 Å². The summed E-state index contributed by atoms with van der Waals surface area (Å²) in [4.78, 5) is 3.75. The van der Waals surface area contributed by atoms with E-state index in [1.807, 2.05) is 25.2 Å². The minimum absolute atomic E-state index is 0.178. The summed E-state index contributed by atoms with van der Waals surface area (Å²) < 4.78 is 0. The van der Waals surface area contributed by atoms with E-state index in [1.54, 1.807) is 11.0 Å². The molecule has 3 aromatic heterocycles. The molecule has 0 fully saturated rings. The Hall–Kier alpha value is -3.59. The molecule has 0 radical (unpaired) electrons. The lowest BCUT2D eigenvalue weighted by Gasteiger charge is -2.29. The molecule has 1 aliphatic rings. The third kappa shape index (κ3) is 4.00. The van der Waals surface area contributed by atoms with Crippen molar-refractivity contribution in [2.75, 3.05) is 11.9 Å². The number of nitrogens with two attached hydrogens (primary N) is 1. The molecular weight excluding hydrogens is 414 g/mol. The first-order valence-corrected chi connectivity index (χ1v) is 11.4. The molecule has 4 aromatic rings. The van der Waals surface area contributed by atoms with Crippen molar-refractivity contribution in [3.8, 4) is 22.5 Å². The van der Waals surface area contributed by atoms with Gasteiger partial charge in [-0.25, -0.2) is 0 Å². The van der Waals surface area contributed by atoms with Gasteiger partial charge in [-0.15, -0.1) is 10.2 Å². The van der Waals surface area contributed by atoms with Crippen molar-refractivity contribution in [2.24, 2.45) is 12.8 Å².